The fourth-order valence-corrected chi connectivity index (χ4v) is 4.14. The zero-order valence-electron chi connectivity index (χ0n) is 18.2. The molecule has 3 aromatic carbocycles. The van der Waals surface area contributed by atoms with Crippen LogP contribution in [-0.2, 0) is 14.8 Å². The van der Waals surface area contributed by atoms with E-state index >= 15 is 0 Å². The molecule has 2 N–H and O–H groups in total. The van der Waals surface area contributed by atoms with Gasteiger partial charge in [-0.15, -0.1) is 0 Å². The third-order valence-electron chi connectivity index (χ3n) is 4.62. The van der Waals surface area contributed by atoms with Gasteiger partial charge in [0, 0.05) is 11.4 Å². The molecule has 32 heavy (non-hydrogen) atoms. The summed E-state index contributed by atoms with van der Waals surface area (Å²) in [5, 5.41) is 2.70. The Kier molecular flexibility index (Phi) is 7.37. The van der Waals surface area contributed by atoms with Crippen LogP contribution in [0, 0.1) is 13.8 Å². The molecule has 1 amide bonds. The highest BCUT2D eigenvalue weighted by molar-refractivity contribution is 7.92. The van der Waals surface area contributed by atoms with Crippen molar-refractivity contribution in [3.63, 3.8) is 0 Å². The van der Waals surface area contributed by atoms with Crippen LogP contribution in [0.1, 0.15) is 18.1 Å². The largest absolute Gasteiger partial charge is 0.494 e. The van der Waals surface area contributed by atoms with Gasteiger partial charge in [-0.3, -0.25) is 9.52 Å². The number of carbonyl (C=O) groups excluding carboxylic acids is 1. The number of para-hydroxylation sites is 1. The molecule has 7 nitrogen and oxygen atoms in total. The minimum Gasteiger partial charge on any atom is -0.494 e. The van der Waals surface area contributed by atoms with E-state index in [1.54, 1.807) is 24.3 Å². The van der Waals surface area contributed by atoms with Crippen LogP contribution in [0.4, 0.5) is 11.4 Å². The van der Waals surface area contributed by atoms with Gasteiger partial charge in [0.05, 0.1) is 11.5 Å². The van der Waals surface area contributed by atoms with Gasteiger partial charge in [-0.25, -0.2) is 8.42 Å². The van der Waals surface area contributed by atoms with Crippen molar-refractivity contribution in [3.8, 4) is 11.5 Å². The molecule has 0 radical (unpaired) electrons. The molecule has 0 heterocycles. The van der Waals surface area contributed by atoms with Crippen LogP contribution in [0.3, 0.4) is 0 Å². The summed E-state index contributed by atoms with van der Waals surface area (Å²) < 4.78 is 38.8. The topological polar surface area (TPSA) is 93.7 Å². The number of amides is 1. The second kappa shape index (κ2) is 10.2. The summed E-state index contributed by atoms with van der Waals surface area (Å²) in [5.74, 6) is 1.01. The highest BCUT2D eigenvalue weighted by Gasteiger charge is 2.15. The molecule has 0 saturated carbocycles. The van der Waals surface area contributed by atoms with Crippen LogP contribution in [0.15, 0.2) is 71.6 Å². The van der Waals surface area contributed by atoms with Crippen molar-refractivity contribution in [2.75, 3.05) is 23.3 Å². The van der Waals surface area contributed by atoms with E-state index in [0.717, 1.165) is 11.1 Å². The first-order valence-electron chi connectivity index (χ1n) is 10.1. The number of carbonyl (C=O) groups is 1. The average Bonchev–Trinajstić information content (AvgIpc) is 2.75. The summed E-state index contributed by atoms with van der Waals surface area (Å²) in [6.07, 6.45) is 0. The first-order valence-corrected chi connectivity index (χ1v) is 11.6. The fourth-order valence-electron chi connectivity index (χ4n) is 3.08. The molecule has 0 atom stereocenters. The Morgan fingerprint density at radius 2 is 1.44 bits per heavy atom. The zero-order valence-corrected chi connectivity index (χ0v) is 19.0. The van der Waals surface area contributed by atoms with Gasteiger partial charge in [-0.1, -0.05) is 18.2 Å². The van der Waals surface area contributed by atoms with Gasteiger partial charge in [0.2, 0.25) is 0 Å². The average molecular weight is 455 g/mol. The molecule has 3 aromatic rings. The number of benzene rings is 3. The standard InChI is InChI=1S/C24H26N2O5S/c1-4-30-21-12-8-20(9-13-21)26-32(28,29)22-14-10-19(11-15-22)25-23(27)16-31-24-17(2)6-5-7-18(24)3/h5-15,26H,4,16H2,1-3H3,(H,25,27). The SMILES string of the molecule is CCOc1ccc(NS(=O)(=O)c2ccc(NC(=O)COc3c(C)cccc3C)cc2)cc1. The second-order valence-corrected chi connectivity index (χ2v) is 8.83. The molecule has 0 aliphatic carbocycles. The van der Waals surface area contributed by atoms with E-state index in [1.807, 2.05) is 39.0 Å². The van der Waals surface area contributed by atoms with Crippen molar-refractivity contribution < 1.29 is 22.7 Å². The monoisotopic (exact) mass is 454 g/mol. The lowest BCUT2D eigenvalue weighted by Gasteiger charge is -2.12. The fraction of sp³-hybridized carbons (Fsp3) is 0.208. The van der Waals surface area contributed by atoms with Crippen LogP contribution in [0.5, 0.6) is 11.5 Å². The van der Waals surface area contributed by atoms with Crippen molar-refractivity contribution in [2.45, 2.75) is 25.7 Å². The molecular weight excluding hydrogens is 428 g/mol. The highest BCUT2D eigenvalue weighted by Crippen LogP contribution is 2.23. The number of sulfonamides is 1. The van der Waals surface area contributed by atoms with E-state index < -0.39 is 10.0 Å². The number of anilines is 2. The molecule has 168 valence electrons. The summed E-state index contributed by atoms with van der Waals surface area (Å²) in [6.45, 7) is 6.10. The summed E-state index contributed by atoms with van der Waals surface area (Å²) >= 11 is 0. The lowest BCUT2D eigenvalue weighted by atomic mass is 10.1. The molecule has 8 heteroatoms. The molecule has 0 spiro atoms. The number of hydrogen-bond acceptors (Lipinski definition) is 5. The van der Waals surface area contributed by atoms with E-state index in [0.29, 0.717) is 29.5 Å². The lowest BCUT2D eigenvalue weighted by molar-refractivity contribution is -0.118. The zero-order chi connectivity index (χ0) is 23.1. The summed E-state index contributed by atoms with van der Waals surface area (Å²) in [7, 11) is -3.77. The van der Waals surface area contributed by atoms with E-state index in [-0.39, 0.29) is 17.4 Å². The van der Waals surface area contributed by atoms with Crippen molar-refractivity contribution >= 4 is 27.3 Å². The van der Waals surface area contributed by atoms with Crippen molar-refractivity contribution in [1.29, 1.82) is 0 Å². The molecule has 0 saturated heterocycles. The van der Waals surface area contributed by atoms with Gasteiger partial charge >= 0.3 is 0 Å². The predicted molar refractivity (Wildman–Crippen MR) is 125 cm³/mol. The maximum atomic E-state index is 12.6. The Bertz CT molecular complexity index is 1150. The Labute approximate surface area is 188 Å². The van der Waals surface area contributed by atoms with E-state index in [4.69, 9.17) is 9.47 Å². The number of rotatable bonds is 9. The van der Waals surface area contributed by atoms with Crippen molar-refractivity contribution in [2.24, 2.45) is 0 Å². The van der Waals surface area contributed by atoms with Crippen LogP contribution in [0.25, 0.3) is 0 Å². The Morgan fingerprint density at radius 3 is 2.03 bits per heavy atom. The van der Waals surface area contributed by atoms with Gasteiger partial charge in [-0.05, 0) is 80.4 Å². The van der Waals surface area contributed by atoms with Crippen molar-refractivity contribution in [1.82, 2.24) is 0 Å². The third kappa shape index (κ3) is 6.01. The summed E-state index contributed by atoms with van der Waals surface area (Å²) in [4.78, 5) is 12.3. The minimum atomic E-state index is -3.77. The van der Waals surface area contributed by atoms with Crippen LogP contribution in [-0.4, -0.2) is 27.5 Å². The van der Waals surface area contributed by atoms with Gasteiger partial charge in [0.15, 0.2) is 6.61 Å². The Balaban J connectivity index is 1.59. The molecule has 0 aliphatic heterocycles. The highest BCUT2D eigenvalue weighted by atomic mass is 32.2. The molecular formula is C24H26N2O5S. The maximum absolute atomic E-state index is 12.6. The molecule has 0 aromatic heterocycles. The predicted octanol–water partition coefficient (Wildman–Crippen LogP) is 4.52. The number of nitrogens with one attached hydrogen (secondary N) is 2. The second-order valence-electron chi connectivity index (χ2n) is 7.15. The smallest absolute Gasteiger partial charge is 0.262 e. The molecule has 0 bridgehead atoms. The molecule has 0 unspecified atom stereocenters. The van der Waals surface area contributed by atoms with E-state index in [2.05, 4.69) is 10.0 Å². The Morgan fingerprint density at radius 1 is 0.844 bits per heavy atom. The minimum absolute atomic E-state index is 0.0798. The third-order valence-corrected chi connectivity index (χ3v) is 6.02. The maximum Gasteiger partial charge on any atom is 0.262 e. The first-order chi connectivity index (χ1) is 15.3. The van der Waals surface area contributed by atoms with Gasteiger partial charge in [-0.2, -0.15) is 0 Å². The van der Waals surface area contributed by atoms with Gasteiger partial charge in [0.25, 0.3) is 15.9 Å². The Hall–Kier alpha value is -3.52. The summed E-state index contributed by atoms with van der Waals surface area (Å²) in [6, 6.07) is 18.3. The van der Waals surface area contributed by atoms with Crippen LogP contribution in [0.2, 0.25) is 0 Å². The molecule has 0 fully saturated rings. The quantitative estimate of drug-likeness (QED) is 0.496. The van der Waals surface area contributed by atoms with Crippen LogP contribution < -0.4 is 19.5 Å². The van der Waals surface area contributed by atoms with Gasteiger partial charge < -0.3 is 14.8 Å². The number of ether oxygens (including phenoxy) is 2. The normalized spacial score (nSPS) is 11.0. The molecule has 0 aliphatic rings. The van der Waals surface area contributed by atoms with Gasteiger partial charge in [0.1, 0.15) is 11.5 Å². The number of hydrogen-bond donors (Lipinski definition) is 2. The number of aryl methyl sites for hydroxylation is 2. The van der Waals surface area contributed by atoms with E-state index in [9.17, 15) is 13.2 Å². The van der Waals surface area contributed by atoms with Crippen molar-refractivity contribution in [3.05, 3.63) is 77.9 Å². The summed E-state index contributed by atoms with van der Waals surface area (Å²) in [5.41, 5.74) is 2.80. The lowest BCUT2D eigenvalue weighted by Crippen LogP contribution is -2.20. The molecule has 3 rings (SSSR count). The van der Waals surface area contributed by atoms with Crippen LogP contribution >= 0.6 is 0 Å². The first kappa shape index (κ1) is 23.1. The van der Waals surface area contributed by atoms with E-state index in [1.165, 1.54) is 24.3 Å².